The summed E-state index contributed by atoms with van der Waals surface area (Å²) < 4.78 is 0. The van der Waals surface area contributed by atoms with Gasteiger partial charge in [-0.05, 0) is 24.2 Å². The van der Waals surface area contributed by atoms with E-state index in [0.717, 1.165) is 18.5 Å². The van der Waals surface area contributed by atoms with Crippen LogP contribution in [0.4, 0.5) is 0 Å². The third-order valence-corrected chi connectivity index (χ3v) is 3.38. The molecule has 0 bridgehead atoms. The Morgan fingerprint density at radius 2 is 2.15 bits per heavy atom. The lowest BCUT2D eigenvalue weighted by molar-refractivity contribution is -0.0604. The normalized spacial score (nSPS) is 32.2. The molecule has 2 nitrogen and oxygen atoms in total. The van der Waals surface area contributed by atoms with Crippen LogP contribution in [0.1, 0.15) is 33.1 Å². The quantitative estimate of drug-likeness (QED) is 0.661. The van der Waals surface area contributed by atoms with Crippen LogP contribution in [-0.2, 0) is 0 Å². The summed E-state index contributed by atoms with van der Waals surface area (Å²) in [6.07, 6.45) is 3.52. The van der Waals surface area contributed by atoms with Crippen molar-refractivity contribution >= 4 is 0 Å². The third kappa shape index (κ3) is 1.58. The lowest BCUT2D eigenvalue weighted by Gasteiger charge is -2.55. The van der Waals surface area contributed by atoms with Gasteiger partial charge in [0, 0.05) is 25.6 Å². The van der Waals surface area contributed by atoms with Gasteiger partial charge < -0.3 is 0 Å². The highest BCUT2D eigenvalue weighted by Gasteiger charge is 2.52. The van der Waals surface area contributed by atoms with Crippen LogP contribution in [0.2, 0.25) is 0 Å². The first-order valence-electron chi connectivity index (χ1n) is 5.26. The Labute approximate surface area is 80.5 Å². The maximum Gasteiger partial charge on any atom is 0.0635 e. The van der Waals surface area contributed by atoms with Crippen molar-refractivity contribution in [3.63, 3.8) is 0 Å². The zero-order chi connectivity index (χ0) is 9.47. The minimum atomic E-state index is 0.511. The molecule has 1 saturated carbocycles. The first kappa shape index (κ1) is 9.02. The zero-order valence-electron chi connectivity index (χ0n) is 8.58. The van der Waals surface area contributed by atoms with E-state index in [0.29, 0.717) is 11.8 Å². The Balaban J connectivity index is 1.89. The molecule has 2 fully saturated rings. The second kappa shape index (κ2) is 2.99. The molecule has 0 radical (unpaired) electrons. The molecule has 72 valence electrons. The summed E-state index contributed by atoms with van der Waals surface area (Å²) in [4.78, 5) is 2.50. The summed E-state index contributed by atoms with van der Waals surface area (Å²) in [5.74, 6) is 0.947. The summed E-state index contributed by atoms with van der Waals surface area (Å²) in [7, 11) is 0. The predicted octanol–water partition coefficient (Wildman–Crippen LogP) is 2.02. The van der Waals surface area contributed by atoms with Gasteiger partial charge in [-0.25, -0.2) is 0 Å². The molecule has 2 aliphatic rings. The Hall–Kier alpha value is -0.550. The largest absolute Gasteiger partial charge is 0.298 e. The van der Waals surface area contributed by atoms with E-state index in [1.807, 2.05) is 0 Å². The van der Waals surface area contributed by atoms with Crippen LogP contribution in [0.3, 0.4) is 0 Å². The molecule has 0 aromatic heterocycles. The van der Waals surface area contributed by atoms with Gasteiger partial charge in [-0.3, -0.25) is 4.90 Å². The number of nitriles is 1. The first-order valence-corrected chi connectivity index (χ1v) is 5.26. The third-order valence-electron chi connectivity index (χ3n) is 3.38. The standard InChI is InChI=1S/C11H18N2/c1-11(2)8-13(7-3-6-12)10(11)9-4-5-9/h9-10H,3-5,7-8H2,1-2H3. The molecule has 0 aromatic rings. The molecule has 1 aliphatic heterocycles. The maximum atomic E-state index is 8.53. The van der Waals surface area contributed by atoms with Crippen molar-refractivity contribution in [2.24, 2.45) is 11.3 Å². The van der Waals surface area contributed by atoms with Crippen molar-refractivity contribution in [1.82, 2.24) is 4.90 Å². The van der Waals surface area contributed by atoms with E-state index < -0.39 is 0 Å². The van der Waals surface area contributed by atoms with Gasteiger partial charge in [0.2, 0.25) is 0 Å². The van der Waals surface area contributed by atoms with Gasteiger partial charge in [0.25, 0.3) is 0 Å². The Bertz CT molecular complexity index is 235. The fraction of sp³-hybridized carbons (Fsp3) is 0.909. The van der Waals surface area contributed by atoms with Crippen LogP contribution in [0, 0.1) is 22.7 Å². The molecule has 0 N–H and O–H groups in total. The second-order valence-electron chi connectivity index (χ2n) is 5.15. The van der Waals surface area contributed by atoms with E-state index >= 15 is 0 Å². The van der Waals surface area contributed by atoms with Gasteiger partial charge >= 0.3 is 0 Å². The minimum absolute atomic E-state index is 0.511. The van der Waals surface area contributed by atoms with Crippen molar-refractivity contribution in [2.45, 2.75) is 39.2 Å². The van der Waals surface area contributed by atoms with Crippen LogP contribution >= 0.6 is 0 Å². The van der Waals surface area contributed by atoms with E-state index in [2.05, 4.69) is 24.8 Å². The number of rotatable bonds is 3. The van der Waals surface area contributed by atoms with Gasteiger partial charge in [0.1, 0.15) is 0 Å². The second-order valence-corrected chi connectivity index (χ2v) is 5.15. The van der Waals surface area contributed by atoms with Crippen molar-refractivity contribution in [3.8, 4) is 6.07 Å². The van der Waals surface area contributed by atoms with E-state index in [4.69, 9.17) is 5.26 Å². The lowest BCUT2D eigenvalue weighted by Crippen LogP contribution is -2.62. The molecule has 1 heterocycles. The molecule has 2 heteroatoms. The van der Waals surface area contributed by atoms with E-state index in [1.54, 1.807) is 0 Å². The average molecular weight is 178 g/mol. The molecule has 0 aromatic carbocycles. The number of likely N-dealkylation sites (tertiary alicyclic amines) is 1. The molecule has 1 saturated heterocycles. The molecule has 2 rings (SSSR count). The minimum Gasteiger partial charge on any atom is -0.298 e. The van der Waals surface area contributed by atoms with Crippen molar-refractivity contribution in [2.75, 3.05) is 13.1 Å². The van der Waals surface area contributed by atoms with E-state index in [-0.39, 0.29) is 0 Å². The molecule has 1 atom stereocenters. The average Bonchev–Trinajstić information content (AvgIpc) is 2.81. The fourth-order valence-electron chi connectivity index (χ4n) is 2.86. The highest BCUT2D eigenvalue weighted by Crippen LogP contribution is 2.49. The summed E-state index contributed by atoms with van der Waals surface area (Å²) in [6.45, 7) is 6.90. The fourth-order valence-corrected chi connectivity index (χ4v) is 2.86. The molecule has 1 unspecified atom stereocenters. The zero-order valence-corrected chi connectivity index (χ0v) is 8.58. The van der Waals surface area contributed by atoms with Gasteiger partial charge in [0.15, 0.2) is 0 Å². The maximum absolute atomic E-state index is 8.53. The summed E-state index contributed by atoms with van der Waals surface area (Å²) >= 11 is 0. The monoisotopic (exact) mass is 178 g/mol. The van der Waals surface area contributed by atoms with Crippen LogP contribution in [0.5, 0.6) is 0 Å². The molecular formula is C11H18N2. The SMILES string of the molecule is CC1(C)CN(CCC#N)C1C1CC1. The Morgan fingerprint density at radius 3 is 2.62 bits per heavy atom. The van der Waals surface area contributed by atoms with Gasteiger partial charge in [-0.15, -0.1) is 0 Å². The van der Waals surface area contributed by atoms with Crippen molar-refractivity contribution < 1.29 is 0 Å². The molecule has 13 heavy (non-hydrogen) atoms. The smallest absolute Gasteiger partial charge is 0.0635 e. The number of nitrogens with zero attached hydrogens (tertiary/aromatic N) is 2. The summed E-state index contributed by atoms with van der Waals surface area (Å²) in [5.41, 5.74) is 0.511. The number of hydrogen-bond donors (Lipinski definition) is 0. The summed E-state index contributed by atoms with van der Waals surface area (Å²) in [6, 6.07) is 3.01. The number of hydrogen-bond acceptors (Lipinski definition) is 2. The predicted molar refractivity (Wildman–Crippen MR) is 52.1 cm³/mol. The Morgan fingerprint density at radius 1 is 1.46 bits per heavy atom. The summed E-state index contributed by atoms with van der Waals surface area (Å²) in [5, 5.41) is 8.53. The molecular weight excluding hydrogens is 160 g/mol. The molecule has 1 aliphatic carbocycles. The molecule has 0 spiro atoms. The van der Waals surface area contributed by atoms with Crippen LogP contribution < -0.4 is 0 Å². The highest BCUT2D eigenvalue weighted by atomic mass is 15.2. The van der Waals surface area contributed by atoms with Crippen molar-refractivity contribution in [1.29, 1.82) is 5.26 Å². The lowest BCUT2D eigenvalue weighted by atomic mass is 9.72. The van der Waals surface area contributed by atoms with E-state index in [9.17, 15) is 0 Å². The van der Waals surface area contributed by atoms with E-state index in [1.165, 1.54) is 19.4 Å². The van der Waals surface area contributed by atoms with Gasteiger partial charge in [-0.2, -0.15) is 5.26 Å². The van der Waals surface area contributed by atoms with Crippen LogP contribution in [0.15, 0.2) is 0 Å². The van der Waals surface area contributed by atoms with Gasteiger partial charge in [-0.1, -0.05) is 13.8 Å². The van der Waals surface area contributed by atoms with Crippen LogP contribution in [-0.4, -0.2) is 24.0 Å². The molecule has 0 amide bonds. The topological polar surface area (TPSA) is 27.0 Å². The first-order chi connectivity index (χ1) is 6.15. The van der Waals surface area contributed by atoms with Crippen LogP contribution in [0.25, 0.3) is 0 Å². The Kier molecular flexibility index (Phi) is 2.08. The van der Waals surface area contributed by atoms with Gasteiger partial charge in [0.05, 0.1) is 6.07 Å². The highest BCUT2D eigenvalue weighted by molar-refractivity contribution is 5.06. The van der Waals surface area contributed by atoms with Crippen molar-refractivity contribution in [3.05, 3.63) is 0 Å².